The molecule has 2 saturated heterocycles. The lowest BCUT2D eigenvalue weighted by Gasteiger charge is -2.53. The highest BCUT2D eigenvalue weighted by Gasteiger charge is 2.62. The van der Waals surface area contributed by atoms with Crippen LogP contribution in [-0.2, 0) is 52.3 Å². The molecule has 12 rings (SSSR count). The maximum absolute atomic E-state index is 13.2. The Bertz CT molecular complexity index is 2250. The van der Waals surface area contributed by atoms with Crippen LogP contribution >= 0.6 is 0 Å². The molecular weight excluding hydrogens is 769 g/mol. The molecule has 14 heteroatoms. The normalized spacial score (nSPS) is 30.0. The van der Waals surface area contributed by atoms with E-state index in [-0.39, 0.29) is 24.0 Å². The van der Waals surface area contributed by atoms with Gasteiger partial charge in [0.2, 0.25) is 0 Å². The van der Waals surface area contributed by atoms with E-state index in [0.29, 0.717) is 11.8 Å². The Kier molecular flexibility index (Phi) is 11.0. The molecule has 8 bridgehead atoms. The van der Waals surface area contributed by atoms with Crippen molar-refractivity contribution in [3.8, 4) is 0 Å². The number of carbonyl (C=O) groups excluding carboxylic acids is 2. The molecule has 14 nitrogen and oxygen atoms in total. The number of aliphatic hydroxyl groups is 2. The first-order chi connectivity index (χ1) is 28.8. The van der Waals surface area contributed by atoms with Gasteiger partial charge in [-0.1, -0.05) is 73.5 Å². The number of aliphatic carboxylic acids is 2. The maximum Gasteiger partial charge on any atom is 0.335 e. The van der Waals surface area contributed by atoms with Gasteiger partial charge in [-0.3, -0.25) is 19.4 Å². The number of hydrogen-bond donors (Lipinski definition) is 6. The number of aromatic amines is 2. The predicted octanol–water partition coefficient (Wildman–Crippen LogP) is 4.23. The average Bonchev–Trinajstić information content (AvgIpc) is 3.79. The molecule has 8 heterocycles. The van der Waals surface area contributed by atoms with Crippen molar-refractivity contribution in [2.45, 2.75) is 87.5 Å². The van der Waals surface area contributed by atoms with Crippen molar-refractivity contribution in [3.05, 3.63) is 94.3 Å². The lowest BCUT2D eigenvalue weighted by molar-refractivity contribution is -0.165. The molecule has 318 valence electrons. The number of piperidine rings is 2. The molecule has 0 saturated carbocycles. The van der Waals surface area contributed by atoms with E-state index in [1.165, 1.54) is 47.3 Å². The first-order valence-corrected chi connectivity index (χ1v) is 20.9. The number of nitrogens with zero attached hydrogens (tertiary/aromatic N) is 2. The maximum atomic E-state index is 13.2. The van der Waals surface area contributed by atoms with Crippen molar-refractivity contribution in [3.63, 3.8) is 0 Å². The third-order valence-corrected chi connectivity index (χ3v) is 13.9. The van der Waals surface area contributed by atoms with Crippen LogP contribution < -0.4 is 0 Å². The Balaban J connectivity index is 0.000000137. The Morgan fingerprint density at radius 2 is 1.07 bits per heavy atom. The van der Waals surface area contributed by atoms with E-state index in [1.54, 1.807) is 0 Å². The summed E-state index contributed by atoms with van der Waals surface area (Å²) < 4.78 is 10.8. The number of esters is 2. The quantitative estimate of drug-likeness (QED) is 0.115. The topological polar surface area (TPSA) is 206 Å². The molecule has 2 fully saturated rings. The molecule has 60 heavy (non-hydrogen) atoms. The Morgan fingerprint density at radius 1 is 0.683 bits per heavy atom. The third kappa shape index (κ3) is 6.38. The molecule has 6 N–H and O–H groups in total. The van der Waals surface area contributed by atoms with Gasteiger partial charge in [0.25, 0.3) is 0 Å². The molecule has 2 aromatic carbocycles. The number of aromatic nitrogens is 2. The van der Waals surface area contributed by atoms with Gasteiger partial charge in [-0.25, -0.2) is 9.59 Å². The SMILES string of the molecule is CCC1=C[C@@H]2CN3CCc4c([nH]c5ccccc45)[C@@](C(=O)OC)(C2)[C@@H]13.CCC1=C[C@@H]2CN3CCc4c([nH]c5ccccc45)[C@@](C(=O)OC)(C2)[C@@H]13.O=C(O)[C@H](O)[C@@H](O)C(=O)O. The van der Waals surface area contributed by atoms with E-state index in [1.807, 2.05) is 0 Å². The predicted molar refractivity (Wildman–Crippen MR) is 222 cm³/mol. The van der Waals surface area contributed by atoms with Crippen molar-refractivity contribution in [2.24, 2.45) is 11.8 Å². The molecule has 2 aliphatic carbocycles. The van der Waals surface area contributed by atoms with Gasteiger partial charge in [-0.2, -0.15) is 0 Å². The molecular formula is C46H54N4O10. The second kappa shape index (κ2) is 16.0. The zero-order chi connectivity index (χ0) is 42.7. The number of ether oxygens (including phenoxy) is 2. The number of nitrogens with one attached hydrogen (secondary N) is 2. The van der Waals surface area contributed by atoms with Gasteiger partial charge in [-0.05, 0) is 73.6 Å². The van der Waals surface area contributed by atoms with Crippen LogP contribution in [0.5, 0.6) is 0 Å². The molecule has 0 radical (unpaired) electrons. The van der Waals surface area contributed by atoms with Crippen molar-refractivity contribution in [1.29, 1.82) is 0 Å². The molecule has 0 amide bonds. The number of methoxy groups -OCH3 is 2. The van der Waals surface area contributed by atoms with Gasteiger partial charge in [0.05, 0.1) is 26.3 Å². The summed E-state index contributed by atoms with van der Waals surface area (Å²) in [5.41, 5.74) is 8.72. The fraction of sp³-hybridized carbons (Fsp3) is 0.478. The van der Waals surface area contributed by atoms with Gasteiger partial charge in [0.1, 0.15) is 10.8 Å². The van der Waals surface area contributed by atoms with Gasteiger partial charge >= 0.3 is 23.9 Å². The highest BCUT2D eigenvalue weighted by atomic mass is 16.5. The number of hydrogen-bond acceptors (Lipinski definition) is 10. The molecule has 0 spiro atoms. The van der Waals surface area contributed by atoms with Gasteiger partial charge in [0, 0.05) is 59.4 Å². The van der Waals surface area contributed by atoms with Crippen LogP contribution in [0.3, 0.4) is 0 Å². The number of carboxylic acid groups (broad SMARTS) is 2. The van der Waals surface area contributed by atoms with E-state index >= 15 is 0 Å². The summed E-state index contributed by atoms with van der Waals surface area (Å²) in [5.74, 6) is -2.85. The number of para-hydroxylation sites is 2. The number of carboxylic acids is 2. The summed E-state index contributed by atoms with van der Waals surface area (Å²) in [5, 5.41) is 35.0. The number of rotatable bonds is 7. The van der Waals surface area contributed by atoms with Crippen LogP contribution in [0.2, 0.25) is 0 Å². The number of benzene rings is 2. The Morgan fingerprint density at radius 3 is 1.42 bits per heavy atom. The van der Waals surface area contributed by atoms with Crippen LogP contribution in [-0.4, -0.2) is 129 Å². The Labute approximate surface area is 347 Å². The minimum atomic E-state index is -2.27. The van der Waals surface area contributed by atoms with Gasteiger partial charge in [-0.15, -0.1) is 0 Å². The van der Waals surface area contributed by atoms with Crippen molar-refractivity contribution in [2.75, 3.05) is 40.4 Å². The molecule has 10 atom stereocenters. The van der Waals surface area contributed by atoms with Crippen molar-refractivity contribution in [1.82, 2.24) is 19.8 Å². The molecule has 6 aliphatic heterocycles. The number of H-pyrrole nitrogens is 2. The second-order valence-corrected chi connectivity index (χ2v) is 17.0. The van der Waals surface area contributed by atoms with Gasteiger partial charge in [0.15, 0.2) is 12.2 Å². The molecule has 8 aliphatic rings. The lowest BCUT2D eigenvalue weighted by atomic mass is 9.60. The number of aliphatic hydroxyl groups excluding tert-OH is 2. The van der Waals surface area contributed by atoms with Gasteiger partial charge < -0.3 is 39.9 Å². The largest absolute Gasteiger partial charge is 0.479 e. The fourth-order valence-electron chi connectivity index (χ4n) is 11.7. The standard InChI is InChI=1S/2C21H24N2O2.C4H6O6/c2*1-3-14-10-13-11-21(20(24)25-2)18-16(8-9-23(12-13)19(14)21)15-6-4-5-7-17(15)22-18;5-1(3(7)8)2(6)4(9)10/h2*4-7,10,13,19,22H,3,8-9,11-12H2,1-2H3;1-2,5-6H,(H,7,8)(H,9,10)/t2*13-,19+,21-;1-,2-/m001/s1. The van der Waals surface area contributed by atoms with E-state index in [9.17, 15) is 19.2 Å². The summed E-state index contributed by atoms with van der Waals surface area (Å²) in [4.78, 5) is 58.4. The van der Waals surface area contributed by atoms with Crippen LogP contribution in [0, 0.1) is 11.8 Å². The number of carbonyl (C=O) groups is 4. The Hall–Kier alpha value is -5.28. The van der Waals surface area contributed by atoms with Crippen LogP contribution in [0.15, 0.2) is 71.8 Å². The van der Waals surface area contributed by atoms with E-state index in [4.69, 9.17) is 29.9 Å². The first-order valence-electron chi connectivity index (χ1n) is 20.9. The van der Waals surface area contributed by atoms with Crippen molar-refractivity contribution < 1.29 is 49.1 Å². The molecule has 2 aromatic heterocycles. The monoisotopic (exact) mass is 822 g/mol. The minimum Gasteiger partial charge on any atom is -0.479 e. The lowest BCUT2D eigenvalue weighted by Crippen LogP contribution is -2.63. The highest BCUT2D eigenvalue weighted by Crippen LogP contribution is 2.54. The summed E-state index contributed by atoms with van der Waals surface area (Å²) >= 11 is 0. The second-order valence-electron chi connectivity index (χ2n) is 17.0. The summed E-state index contributed by atoms with van der Waals surface area (Å²) in [6.07, 6.45) is 5.98. The summed E-state index contributed by atoms with van der Waals surface area (Å²) in [6.45, 7) is 8.55. The smallest absolute Gasteiger partial charge is 0.335 e. The van der Waals surface area contributed by atoms with Crippen LogP contribution in [0.25, 0.3) is 21.8 Å². The average molecular weight is 823 g/mol. The summed E-state index contributed by atoms with van der Waals surface area (Å²) in [7, 11) is 3.07. The van der Waals surface area contributed by atoms with E-state index < -0.39 is 35.0 Å². The van der Waals surface area contributed by atoms with E-state index in [0.717, 1.165) is 87.1 Å². The van der Waals surface area contributed by atoms with Crippen LogP contribution in [0.4, 0.5) is 0 Å². The zero-order valence-electron chi connectivity index (χ0n) is 34.4. The van der Waals surface area contributed by atoms with E-state index in [2.05, 4.69) is 94.3 Å². The highest BCUT2D eigenvalue weighted by molar-refractivity contribution is 5.93. The third-order valence-electron chi connectivity index (χ3n) is 13.9. The fourth-order valence-corrected chi connectivity index (χ4v) is 11.7. The van der Waals surface area contributed by atoms with Crippen molar-refractivity contribution >= 4 is 45.7 Å². The number of fused-ring (bicyclic) bond motifs is 6. The van der Waals surface area contributed by atoms with Crippen LogP contribution in [0.1, 0.15) is 62.0 Å². The zero-order valence-corrected chi connectivity index (χ0v) is 34.4. The minimum absolute atomic E-state index is 0.0824. The summed E-state index contributed by atoms with van der Waals surface area (Å²) in [6, 6.07) is 17.1. The first kappa shape index (κ1) is 41.5. The molecule has 2 unspecified atom stereocenters. The molecule has 4 aromatic rings.